The molecule has 12 heteroatoms. The number of rotatable bonds is 4. The summed E-state index contributed by atoms with van der Waals surface area (Å²) in [5, 5.41) is 2.75. The van der Waals surface area contributed by atoms with Crippen LogP contribution in [0.3, 0.4) is 0 Å². The number of carbonyl (C=O) groups excluding carboxylic acids is 1. The number of nitrogens with one attached hydrogen (secondary N) is 1. The first kappa shape index (κ1) is 24.0. The van der Waals surface area contributed by atoms with Crippen molar-refractivity contribution in [3.8, 4) is 11.5 Å². The molecular weight excluding hydrogens is 492 g/mol. The molecule has 5 rings (SSSR count). The van der Waals surface area contributed by atoms with E-state index in [-0.39, 0.29) is 37.2 Å². The Labute approximate surface area is 200 Å². The minimum absolute atomic E-state index is 0.0506. The number of fused-ring (bicyclic) bond motifs is 2. The lowest BCUT2D eigenvalue weighted by Crippen LogP contribution is -2.23. The van der Waals surface area contributed by atoms with Gasteiger partial charge in [0, 0.05) is 31.6 Å². The molecule has 0 saturated carbocycles. The molecule has 1 N–H and O–H groups in total. The van der Waals surface area contributed by atoms with Crippen molar-refractivity contribution in [1.82, 2.24) is 14.9 Å². The van der Waals surface area contributed by atoms with Gasteiger partial charge in [-0.2, -0.15) is 26.3 Å². The lowest BCUT2D eigenvalue weighted by Gasteiger charge is -2.25. The molecule has 1 atom stereocenters. The summed E-state index contributed by atoms with van der Waals surface area (Å²) in [5.74, 6) is 0.685. The highest BCUT2D eigenvalue weighted by Crippen LogP contribution is 2.39. The maximum atomic E-state index is 13.3. The van der Waals surface area contributed by atoms with Crippen LogP contribution in [0.1, 0.15) is 50.9 Å². The molecular formula is C24H19F6N3O3. The third kappa shape index (κ3) is 4.84. The fraction of sp³-hybridized carbons (Fsp3) is 0.333. The Balaban J connectivity index is 1.31. The molecule has 0 radical (unpaired) electrons. The van der Waals surface area contributed by atoms with Gasteiger partial charge in [0.05, 0.1) is 11.1 Å². The van der Waals surface area contributed by atoms with Gasteiger partial charge in [0.2, 0.25) is 6.79 Å². The van der Waals surface area contributed by atoms with Gasteiger partial charge in [-0.1, -0.05) is 6.07 Å². The number of nitrogens with zero attached hydrogens (tertiary/aromatic N) is 2. The fourth-order valence-electron chi connectivity index (χ4n) is 4.36. The summed E-state index contributed by atoms with van der Waals surface area (Å²) in [6, 6.07) is 6.91. The lowest BCUT2D eigenvalue weighted by atomic mass is 9.89. The van der Waals surface area contributed by atoms with Gasteiger partial charge >= 0.3 is 12.4 Å². The van der Waals surface area contributed by atoms with Crippen LogP contribution < -0.4 is 14.8 Å². The molecule has 1 aromatic heterocycles. The minimum Gasteiger partial charge on any atom is -0.454 e. The predicted octanol–water partition coefficient (Wildman–Crippen LogP) is 5.31. The van der Waals surface area contributed by atoms with Crippen molar-refractivity contribution < 1.29 is 40.6 Å². The van der Waals surface area contributed by atoms with Gasteiger partial charge in [-0.15, -0.1) is 0 Å². The van der Waals surface area contributed by atoms with Gasteiger partial charge < -0.3 is 19.4 Å². The molecule has 36 heavy (non-hydrogen) atoms. The highest BCUT2D eigenvalue weighted by Gasteiger charge is 2.38. The average molecular weight is 511 g/mol. The van der Waals surface area contributed by atoms with Crippen LogP contribution in [-0.4, -0.2) is 22.3 Å². The molecule has 0 bridgehead atoms. The molecule has 1 amide bonds. The topological polar surface area (TPSA) is 65.4 Å². The van der Waals surface area contributed by atoms with Crippen molar-refractivity contribution in [3.63, 3.8) is 0 Å². The molecule has 2 aliphatic heterocycles. The van der Waals surface area contributed by atoms with Gasteiger partial charge in [0.15, 0.2) is 11.5 Å². The Morgan fingerprint density at radius 1 is 1.00 bits per heavy atom. The second kappa shape index (κ2) is 8.75. The highest BCUT2D eigenvalue weighted by atomic mass is 19.4. The fourth-order valence-corrected chi connectivity index (χ4v) is 4.36. The zero-order valence-electron chi connectivity index (χ0n) is 18.5. The summed E-state index contributed by atoms with van der Waals surface area (Å²) in [6.07, 6.45) is -7.75. The Bertz CT molecular complexity index is 1280. The molecule has 6 nitrogen and oxygen atoms in total. The van der Waals surface area contributed by atoms with E-state index >= 15 is 0 Å². The Morgan fingerprint density at radius 2 is 1.69 bits per heavy atom. The number of halogens is 6. The van der Waals surface area contributed by atoms with Crippen molar-refractivity contribution in [2.45, 2.75) is 44.2 Å². The molecule has 0 saturated heterocycles. The first-order valence-electron chi connectivity index (χ1n) is 11.0. The Hall–Kier alpha value is -3.70. The van der Waals surface area contributed by atoms with Gasteiger partial charge in [-0.3, -0.25) is 4.79 Å². The quantitative estimate of drug-likeness (QED) is 0.483. The first-order chi connectivity index (χ1) is 17.0. The summed E-state index contributed by atoms with van der Waals surface area (Å²) < 4.78 is 91.7. The van der Waals surface area contributed by atoms with E-state index in [1.165, 1.54) is 6.20 Å². The Kier molecular flexibility index (Phi) is 5.84. The van der Waals surface area contributed by atoms with E-state index < -0.39 is 35.3 Å². The number of hydrogen-bond acceptors (Lipinski definition) is 4. The van der Waals surface area contributed by atoms with Crippen molar-refractivity contribution in [3.05, 3.63) is 76.4 Å². The molecule has 3 heterocycles. The van der Waals surface area contributed by atoms with Crippen LogP contribution in [0, 0.1) is 0 Å². The average Bonchev–Trinajstić information content (AvgIpc) is 3.47. The molecule has 3 aromatic rings. The summed E-state index contributed by atoms with van der Waals surface area (Å²) >= 11 is 0. The maximum Gasteiger partial charge on any atom is 0.416 e. The molecule has 0 unspecified atom stereocenters. The van der Waals surface area contributed by atoms with Crippen LogP contribution in [0.5, 0.6) is 11.5 Å². The largest absolute Gasteiger partial charge is 0.454 e. The maximum absolute atomic E-state index is 13.3. The molecule has 0 fully saturated rings. The van der Waals surface area contributed by atoms with Gasteiger partial charge in [-0.05, 0) is 47.9 Å². The van der Waals surface area contributed by atoms with Crippen molar-refractivity contribution in [2.24, 2.45) is 0 Å². The summed E-state index contributed by atoms with van der Waals surface area (Å²) in [5.41, 5.74) is -1.84. The number of benzene rings is 2. The SMILES string of the molecule is O=C(NCc1ccc2c(c1)OCO2)c1cn2c(n1)CC[C@H](c1cc(C(F)(F)F)cc(C(F)(F)F)c1)C2. The van der Waals surface area contributed by atoms with Crippen LogP contribution in [-0.2, 0) is 31.9 Å². The van der Waals surface area contributed by atoms with Crippen LogP contribution in [0.4, 0.5) is 26.3 Å². The van der Waals surface area contributed by atoms with E-state index in [9.17, 15) is 31.1 Å². The second-order valence-corrected chi connectivity index (χ2v) is 8.64. The molecule has 2 aromatic carbocycles. The van der Waals surface area contributed by atoms with Crippen molar-refractivity contribution in [2.75, 3.05) is 6.79 Å². The molecule has 190 valence electrons. The predicted molar refractivity (Wildman–Crippen MR) is 113 cm³/mol. The zero-order valence-corrected chi connectivity index (χ0v) is 18.5. The number of aryl methyl sites for hydroxylation is 1. The summed E-state index contributed by atoms with van der Waals surface area (Å²) in [4.78, 5) is 16.9. The number of alkyl halides is 6. The van der Waals surface area contributed by atoms with Crippen molar-refractivity contribution >= 4 is 5.91 Å². The van der Waals surface area contributed by atoms with E-state index in [1.54, 1.807) is 22.8 Å². The number of ether oxygens (including phenoxy) is 2. The highest BCUT2D eigenvalue weighted by molar-refractivity contribution is 5.92. The molecule has 2 aliphatic rings. The molecule has 0 aliphatic carbocycles. The third-order valence-electron chi connectivity index (χ3n) is 6.20. The van der Waals surface area contributed by atoms with Crippen LogP contribution in [0.25, 0.3) is 0 Å². The Morgan fingerprint density at radius 3 is 2.39 bits per heavy atom. The molecule has 0 spiro atoms. The first-order valence-corrected chi connectivity index (χ1v) is 11.0. The van der Waals surface area contributed by atoms with Crippen LogP contribution in [0.2, 0.25) is 0 Å². The second-order valence-electron chi connectivity index (χ2n) is 8.64. The normalized spacial score (nSPS) is 17.1. The van der Waals surface area contributed by atoms with Gasteiger partial charge in [0.25, 0.3) is 5.91 Å². The van der Waals surface area contributed by atoms with Crippen LogP contribution in [0.15, 0.2) is 42.6 Å². The number of aromatic nitrogens is 2. The van der Waals surface area contributed by atoms with E-state index in [4.69, 9.17) is 9.47 Å². The number of carbonyl (C=O) groups is 1. The van der Waals surface area contributed by atoms with E-state index in [2.05, 4.69) is 10.3 Å². The lowest BCUT2D eigenvalue weighted by molar-refractivity contribution is -0.143. The van der Waals surface area contributed by atoms with Gasteiger partial charge in [0.1, 0.15) is 11.5 Å². The summed E-state index contributed by atoms with van der Waals surface area (Å²) in [7, 11) is 0. The standard InChI is InChI=1S/C24H19F6N3O3/c25-23(26,27)16-6-15(7-17(8-16)24(28,29)30)14-2-4-21-32-18(11-33(21)10-14)22(34)31-9-13-1-3-19-20(5-13)36-12-35-19/h1,3,5-8,11,14H,2,4,9-10,12H2,(H,31,34)/t14-/m0/s1. The zero-order chi connectivity index (χ0) is 25.7. The number of hydrogen-bond donors (Lipinski definition) is 1. The number of imidazole rings is 1. The number of amides is 1. The van der Waals surface area contributed by atoms with Crippen molar-refractivity contribution in [1.29, 1.82) is 0 Å². The van der Waals surface area contributed by atoms with E-state index in [0.717, 1.165) is 17.7 Å². The minimum atomic E-state index is -4.91. The van der Waals surface area contributed by atoms with E-state index in [1.807, 2.05) is 0 Å². The smallest absolute Gasteiger partial charge is 0.416 e. The van der Waals surface area contributed by atoms with E-state index in [0.29, 0.717) is 30.2 Å². The summed E-state index contributed by atoms with van der Waals surface area (Å²) in [6.45, 7) is 0.436. The third-order valence-corrected chi connectivity index (χ3v) is 6.20. The monoisotopic (exact) mass is 511 g/mol. The van der Waals surface area contributed by atoms with Crippen LogP contribution >= 0.6 is 0 Å². The van der Waals surface area contributed by atoms with Gasteiger partial charge in [-0.25, -0.2) is 4.98 Å².